The fourth-order valence-corrected chi connectivity index (χ4v) is 3.77. The van der Waals surface area contributed by atoms with Crippen molar-refractivity contribution in [3.63, 3.8) is 0 Å². The quantitative estimate of drug-likeness (QED) is 0.712. The van der Waals surface area contributed by atoms with Gasteiger partial charge in [-0.3, -0.25) is 0 Å². The third-order valence-electron chi connectivity index (χ3n) is 3.85. The van der Waals surface area contributed by atoms with E-state index in [1.807, 2.05) is 0 Å². The van der Waals surface area contributed by atoms with Crippen molar-refractivity contribution >= 4 is 33.1 Å². The van der Waals surface area contributed by atoms with Gasteiger partial charge in [-0.25, -0.2) is 9.97 Å². The molecule has 3 aromatic rings. The van der Waals surface area contributed by atoms with Gasteiger partial charge in [0.1, 0.15) is 17.0 Å². The summed E-state index contributed by atoms with van der Waals surface area (Å²) in [7, 11) is 0. The summed E-state index contributed by atoms with van der Waals surface area (Å²) in [4.78, 5) is 13.8. The zero-order valence-corrected chi connectivity index (χ0v) is 12.2. The van der Waals surface area contributed by atoms with Gasteiger partial charge in [-0.1, -0.05) is 25.1 Å². The first-order valence-corrected chi connectivity index (χ1v) is 7.77. The Morgan fingerprint density at radius 1 is 1.25 bits per heavy atom. The van der Waals surface area contributed by atoms with Crippen molar-refractivity contribution in [2.75, 3.05) is 11.4 Å². The monoisotopic (exact) mass is 281 g/mol. The van der Waals surface area contributed by atoms with Crippen molar-refractivity contribution in [2.45, 2.75) is 19.8 Å². The zero-order valence-electron chi connectivity index (χ0n) is 11.3. The normalized spacial score (nSPS) is 13.9. The van der Waals surface area contributed by atoms with Gasteiger partial charge in [-0.2, -0.15) is 0 Å². The first kappa shape index (κ1) is 11.9. The molecule has 2 aromatic heterocycles. The molecule has 1 aliphatic rings. The lowest BCUT2D eigenvalue weighted by molar-refractivity contribution is 0.975. The summed E-state index contributed by atoms with van der Waals surface area (Å²) in [5, 5.41) is 1.19. The van der Waals surface area contributed by atoms with E-state index in [4.69, 9.17) is 0 Å². The summed E-state index contributed by atoms with van der Waals surface area (Å²) in [6.45, 7) is 3.19. The van der Waals surface area contributed by atoms with Gasteiger partial charge in [0.15, 0.2) is 0 Å². The summed E-state index contributed by atoms with van der Waals surface area (Å²) in [5.74, 6) is 1.05. The van der Waals surface area contributed by atoms with Crippen LogP contribution >= 0.6 is 11.3 Å². The molecule has 3 heterocycles. The van der Waals surface area contributed by atoms with Gasteiger partial charge in [-0.05, 0) is 30.5 Å². The van der Waals surface area contributed by atoms with E-state index in [1.54, 1.807) is 17.7 Å². The Kier molecular flexibility index (Phi) is 2.70. The molecule has 0 aliphatic carbocycles. The summed E-state index contributed by atoms with van der Waals surface area (Å²) in [5.41, 5.74) is 2.70. The van der Waals surface area contributed by atoms with E-state index in [0.29, 0.717) is 0 Å². The molecule has 4 rings (SSSR count). The summed E-state index contributed by atoms with van der Waals surface area (Å²) in [6.07, 6.45) is 3.83. The summed E-state index contributed by atoms with van der Waals surface area (Å²) >= 11 is 1.77. The average Bonchev–Trinajstić information content (AvgIpc) is 3.10. The Morgan fingerprint density at radius 3 is 3.05 bits per heavy atom. The van der Waals surface area contributed by atoms with E-state index in [0.717, 1.165) is 30.0 Å². The standard InChI is InChI=1S/C16H15N3S/c1-2-12-9-13-15(17-10-18-16(13)20-12)19-8-7-11-5-3-4-6-14(11)19/h3-6,9-10H,2,7-8H2,1H3. The van der Waals surface area contributed by atoms with Gasteiger partial charge >= 0.3 is 0 Å². The molecule has 4 heteroatoms. The highest BCUT2D eigenvalue weighted by Gasteiger charge is 2.23. The van der Waals surface area contributed by atoms with Crippen LogP contribution in [0.2, 0.25) is 0 Å². The van der Waals surface area contributed by atoms with Crippen LogP contribution in [0.5, 0.6) is 0 Å². The van der Waals surface area contributed by atoms with Crippen molar-refractivity contribution in [1.29, 1.82) is 0 Å². The first-order valence-electron chi connectivity index (χ1n) is 6.95. The topological polar surface area (TPSA) is 29.0 Å². The smallest absolute Gasteiger partial charge is 0.145 e. The van der Waals surface area contributed by atoms with E-state index in [2.05, 4.69) is 52.1 Å². The largest absolute Gasteiger partial charge is 0.325 e. The lowest BCUT2D eigenvalue weighted by Gasteiger charge is -2.18. The second-order valence-corrected chi connectivity index (χ2v) is 6.13. The Hall–Kier alpha value is -1.94. The van der Waals surface area contributed by atoms with E-state index < -0.39 is 0 Å². The summed E-state index contributed by atoms with van der Waals surface area (Å²) in [6, 6.07) is 10.8. The van der Waals surface area contributed by atoms with Crippen LogP contribution in [0, 0.1) is 0 Å². The minimum absolute atomic E-state index is 1.00. The number of anilines is 2. The van der Waals surface area contributed by atoms with Crippen LogP contribution in [0.1, 0.15) is 17.4 Å². The minimum atomic E-state index is 1.00. The van der Waals surface area contributed by atoms with Crippen LogP contribution in [0.25, 0.3) is 10.2 Å². The number of rotatable bonds is 2. The highest BCUT2D eigenvalue weighted by Crippen LogP contribution is 2.38. The van der Waals surface area contributed by atoms with Gasteiger partial charge in [0.05, 0.1) is 5.39 Å². The van der Waals surface area contributed by atoms with Gasteiger partial charge in [0.25, 0.3) is 0 Å². The first-order chi connectivity index (χ1) is 9.86. The Morgan fingerprint density at radius 2 is 2.15 bits per heavy atom. The van der Waals surface area contributed by atoms with E-state index in [-0.39, 0.29) is 0 Å². The van der Waals surface area contributed by atoms with Crippen molar-refractivity contribution in [2.24, 2.45) is 0 Å². The molecule has 0 spiro atoms. The van der Waals surface area contributed by atoms with E-state index in [9.17, 15) is 0 Å². The molecule has 0 fully saturated rings. The molecule has 0 saturated heterocycles. The molecule has 0 bridgehead atoms. The zero-order chi connectivity index (χ0) is 13.5. The number of fused-ring (bicyclic) bond motifs is 2. The third kappa shape index (κ3) is 1.72. The number of benzene rings is 1. The predicted octanol–water partition coefficient (Wildman–Crippen LogP) is 3.95. The van der Waals surface area contributed by atoms with E-state index in [1.165, 1.54) is 21.5 Å². The number of hydrogen-bond acceptors (Lipinski definition) is 4. The predicted molar refractivity (Wildman–Crippen MR) is 83.9 cm³/mol. The molecule has 3 nitrogen and oxygen atoms in total. The van der Waals surface area contributed by atoms with Crippen LogP contribution in [-0.4, -0.2) is 16.5 Å². The third-order valence-corrected chi connectivity index (χ3v) is 5.04. The second-order valence-electron chi connectivity index (χ2n) is 5.01. The second kappa shape index (κ2) is 4.56. The SMILES string of the molecule is CCc1cc2c(N3CCc4ccccc43)ncnc2s1. The van der Waals surface area contributed by atoms with Gasteiger partial charge in [0, 0.05) is 17.1 Å². The number of para-hydroxylation sites is 1. The Labute approximate surface area is 121 Å². The van der Waals surface area contributed by atoms with Crippen molar-refractivity contribution in [3.05, 3.63) is 47.1 Å². The van der Waals surface area contributed by atoms with Crippen LogP contribution in [0.3, 0.4) is 0 Å². The average molecular weight is 281 g/mol. The highest BCUT2D eigenvalue weighted by atomic mass is 32.1. The fourth-order valence-electron chi connectivity index (χ4n) is 2.84. The lowest BCUT2D eigenvalue weighted by Crippen LogP contribution is -2.15. The molecule has 20 heavy (non-hydrogen) atoms. The molecule has 1 aromatic carbocycles. The molecule has 0 radical (unpaired) electrons. The number of thiophene rings is 1. The fraction of sp³-hybridized carbons (Fsp3) is 0.250. The maximum absolute atomic E-state index is 4.56. The van der Waals surface area contributed by atoms with Crippen LogP contribution in [0.15, 0.2) is 36.7 Å². The maximum Gasteiger partial charge on any atom is 0.145 e. The number of aryl methyl sites for hydroxylation is 1. The van der Waals surface area contributed by atoms with Crippen molar-refractivity contribution in [1.82, 2.24) is 9.97 Å². The Balaban J connectivity index is 1.89. The molecule has 0 N–H and O–H groups in total. The molecule has 0 amide bonds. The molecule has 0 unspecified atom stereocenters. The maximum atomic E-state index is 4.56. The van der Waals surface area contributed by atoms with Gasteiger partial charge in [0.2, 0.25) is 0 Å². The molecule has 0 saturated carbocycles. The molecular formula is C16H15N3S. The van der Waals surface area contributed by atoms with Gasteiger partial charge in [-0.15, -0.1) is 11.3 Å². The lowest BCUT2D eigenvalue weighted by atomic mass is 10.2. The molecule has 0 atom stereocenters. The number of hydrogen-bond donors (Lipinski definition) is 0. The Bertz CT molecular complexity index is 778. The van der Waals surface area contributed by atoms with Crippen LogP contribution in [-0.2, 0) is 12.8 Å². The van der Waals surface area contributed by atoms with Crippen LogP contribution in [0.4, 0.5) is 11.5 Å². The van der Waals surface area contributed by atoms with Crippen molar-refractivity contribution < 1.29 is 0 Å². The van der Waals surface area contributed by atoms with Gasteiger partial charge < -0.3 is 4.90 Å². The van der Waals surface area contributed by atoms with Crippen molar-refractivity contribution in [3.8, 4) is 0 Å². The highest BCUT2D eigenvalue weighted by molar-refractivity contribution is 7.18. The van der Waals surface area contributed by atoms with Crippen LogP contribution < -0.4 is 4.90 Å². The minimum Gasteiger partial charge on any atom is -0.325 e. The number of nitrogens with zero attached hydrogens (tertiary/aromatic N) is 3. The molecule has 100 valence electrons. The molecule has 1 aliphatic heterocycles. The number of aromatic nitrogens is 2. The summed E-state index contributed by atoms with van der Waals surface area (Å²) < 4.78 is 0. The molecular weight excluding hydrogens is 266 g/mol. The van der Waals surface area contributed by atoms with E-state index >= 15 is 0 Å².